The Morgan fingerprint density at radius 2 is 2.12 bits per heavy atom. The number of carbonyl (C=O) groups excluding carboxylic acids is 2. The van der Waals surface area contributed by atoms with Gasteiger partial charge in [0.2, 0.25) is 11.8 Å². The molecule has 2 amide bonds. The molecule has 1 fully saturated rings. The Balaban J connectivity index is 1.50. The summed E-state index contributed by atoms with van der Waals surface area (Å²) >= 11 is 1.52. The maximum atomic E-state index is 12.7. The molecule has 1 N–H and O–H groups in total. The van der Waals surface area contributed by atoms with Crippen LogP contribution in [0.3, 0.4) is 0 Å². The van der Waals surface area contributed by atoms with E-state index in [1.165, 1.54) is 21.9 Å². The molecule has 2 aromatic heterocycles. The number of likely N-dealkylation sites (tertiary alicyclic amines) is 1. The quantitative estimate of drug-likeness (QED) is 0.875. The van der Waals surface area contributed by atoms with Gasteiger partial charge in [0, 0.05) is 41.7 Å². The van der Waals surface area contributed by atoms with Crippen molar-refractivity contribution in [3.8, 4) is 11.3 Å². The molecular weight excluding hydrogens is 350 g/mol. The molecule has 0 spiro atoms. The lowest BCUT2D eigenvalue weighted by molar-refractivity contribution is -0.131. The van der Waals surface area contributed by atoms with Gasteiger partial charge in [-0.2, -0.15) is 5.10 Å². The van der Waals surface area contributed by atoms with Crippen LogP contribution in [0.1, 0.15) is 37.8 Å². The van der Waals surface area contributed by atoms with Crippen LogP contribution in [-0.4, -0.2) is 43.6 Å². The summed E-state index contributed by atoms with van der Waals surface area (Å²) in [6, 6.07) is 0. The molecule has 1 atom stereocenters. The Hall–Kier alpha value is -2.22. The highest BCUT2D eigenvalue weighted by molar-refractivity contribution is 7.16. The van der Waals surface area contributed by atoms with Crippen molar-refractivity contribution in [1.82, 2.24) is 19.7 Å². The third-order valence-electron chi connectivity index (χ3n) is 5.14. The second kappa shape index (κ2) is 5.90. The topological polar surface area (TPSA) is 80.1 Å². The molecule has 0 radical (unpaired) electrons. The standard InChI is InChI=1S/C18H23N5O2S/c1-18(2,3)23-9-10(7-14(23)24)16(25)21-17-20-15-11-8-19-22(4)12(11)5-6-13(15)26-17/h8,10H,5-7,9H2,1-4H3,(H,20,21,25)/t10-/m0/s1. The zero-order chi connectivity index (χ0) is 18.6. The summed E-state index contributed by atoms with van der Waals surface area (Å²) in [5, 5.41) is 7.86. The van der Waals surface area contributed by atoms with Gasteiger partial charge in [-0.3, -0.25) is 14.3 Å². The average Bonchev–Trinajstić information content (AvgIpc) is 3.23. The summed E-state index contributed by atoms with van der Waals surface area (Å²) < 4.78 is 1.89. The van der Waals surface area contributed by atoms with Gasteiger partial charge in [0.05, 0.1) is 17.8 Å². The maximum Gasteiger partial charge on any atom is 0.231 e. The van der Waals surface area contributed by atoms with Crippen LogP contribution in [0.2, 0.25) is 0 Å². The van der Waals surface area contributed by atoms with Crippen LogP contribution < -0.4 is 5.32 Å². The van der Waals surface area contributed by atoms with Crippen LogP contribution in [0.25, 0.3) is 11.3 Å². The van der Waals surface area contributed by atoms with E-state index in [1.807, 2.05) is 38.7 Å². The second-order valence-electron chi connectivity index (χ2n) is 7.98. The van der Waals surface area contributed by atoms with Crippen molar-refractivity contribution >= 4 is 28.3 Å². The molecule has 2 aromatic rings. The molecule has 2 aliphatic rings. The minimum absolute atomic E-state index is 0.0380. The summed E-state index contributed by atoms with van der Waals surface area (Å²) in [6.07, 6.45) is 3.96. The molecule has 1 aliphatic heterocycles. The van der Waals surface area contributed by atoms with E-state index in [2.05, 4.69) is 15.4 Å². The van der Waals surface area contributed by atoms with E-state index >= 15 is 0 Å². The maximum absolute atomic E-state index is 12.7. The largest absolute Gasteiger partial charge is 0.337 e. The first kappa shape index (κ1) is 17.2. The first-order chi connectivity index (χ1) is 12.2. The van der Waals surface area contributed by atoms with Gasteiger partial charge in [0.1, 0.15) is 0 Å². The number of carbonyl (C=O) groups is 2. The van der Waals surface area contributed by atoms with Gasteiger partial charge in [-0.1, -0.05) is 0 Å². The highest BCUT2D eigenvalue weighted by Gasteiger charge is 2.39. The molecule has 8 heteroatoms. The molecule has 26 heavy (non-hydrogen) atoms. The van der Waals surface area contributed by atoms with Crippen LogP contribution in [-0.2, 0) is 29.5 Å². The minimum atomic E-state index is -0.323. The summed E-state index contributed by atoms with van der Waals surface area (Å²) in [7, 11) is 1.94. The lowest BCUT2D eigenvalue weighted by Crippen LogP contribution is -2.42. The van der Waals surface area contributed by atoms with E-state index in [1.54, 1.807) is 4.90 Å². The summed E-state index contributed by atoms with van der Waals surface area (Å²) in [5.41, 5.74) is 2.91. The van der Waals surface area contributed by atoms with Gasteiger partial charge < -0.3 is 10.2 Å². The summed E-state index contributed by atoms with van der Waals surface area (Å²) in [5.74, 6) is -0.407. The predicted octanol–water partition coefficient (Wildman–Crippen LogP) is 2.23. The van der Waals surface area contributed by atoms with Gasteiger partial charge in [-0.15, -0.1) is 11.3 Å². The minimum Gasteiger partial charge on any atom is -0.337 e. The highest BCUT2D eigenvalue weighted by Crippen LogP contribution is 2.38. The van der Waals surface area contributed by atoms with Crippen LogP contribution in [0.15, 0.2) is 6.20 Å². The lowest BCUT2D eigenvalue weighted by atomic mass is 10.0. The lowest BCUT2D eigenvalue weighted by Gasteiger charge is -2.31. The summed E-state index contributed by atoms with van der Waals surface area (Å²) in [6.45, 7) is 6.44. The molecule has 3 heterocycles. The van der Waals surface area contributed by atoms with Crippen LogP contribution >= 0.6 is 11.3 Å². The average molecular weight is 373 g/mol. The van der Waals surface area contributed by atoms with Crippen LogP contribution in [0, 0.1) is 5.92 Å². The molecule has 7 nitrogen and oxygen atoms in total. The monoisotopic (exact) mass is 373 g/mol. The molecule has 0 aromatic carbocycles. The zero-order valence-electron chi connectivity index (χ0n) is 15.5. The number of aryl methyl sites for hydroxylation is 2. The number of hydrogen-bond donors (Lipinski definition) is 1. The fraction of sp³-hybridized carbons (Fsp3) is 0.556. The zero-order valence-corrected chi connectivity index (χ0v) is 16.3. The molecule has 0 saturated carbocycles. The first-order valence-corrected chi connectivity index (χ1v) is 9.68. The third-order valence-corrected chi connectivity index (χ3v) is 6.17. The number of nitrogens with zero attached hydrogens (tertiary/aromatic N) is 4. The number of hydrogen-bond acceptors (Lipinski definition) is 5. The first-order valence-electron chi connectivity index (χ1n) is 8.86. The van der Waals surface area contributed by atoms with Gasteiger partial charge in [-0.25, -0.2) is 4.98 Å². The van der Waals surface area contributed by atoms with Gasteiger partial charge in [-0.05, 0) is 33.6 Å². The van der Waals surface area contributed by atoms with Crippen LogP contribution in [0.4, 0.5) is 5.13 Å². The number of anilines is 1. The SMILES string of the molecule is Cn1ncc2c1CCc1sc(NC(=O)[C@H]3CC(=O)N(C(C)(C)C)C3)nc1-2. The highest BCUT2D eigenvalue weighted by atomic mass is 32.1. The number of nitrogens with one attached hydrogen (secondary N) is 1. The van der Waals surface area contributed by atoms with E-state index in [9.17, 15) is 9.59 Å². The van der Waals surface area contributed by atoms with Crippen molar-refractivity contribution in [2.24, 2.45) is 13.0 Å². The molecule has 1 saturated heterocycles. The van der Waals surface area contributed by atoms with Crippen molar-refractivity contribution in [3.05, 3.63) is 16.8 Å². The summed E-state index contributed by atoms with van der Waals surface area (Å²) in [4.78, 5) is 32.5. The Morgan fingerprint density at radius 3 is 2.81 bits per heavy atom. The van der Waals surface area contributed by atoms with Gasteiger partial charge in [0.15, 0.2) is 5.13 Å². The Bertz CT molecular complexity index is 892. The van der Waals surface area contributed by atoms with Gasteiger partial charge in [0.25, 0.3) is 0 Å². The molecule has 0 bridgehead atoms. The Labute approximate surface area is 156 Å². The van der Waals surface area contributed by atoms with E-state index in [-0.39, 0.29) is 29.7 Å². The van der Waals surface area contributed by atoms with Crippen molar-refractivity contribution < 1.29 is 9.59 Å². The van der Waals surface area contributed by atoms with Crippen molar-refractivity contribution in [1.29, 1.82) is 0 Å². The number of aromatic nitrogens is 3. The van der Waals surface area contributed by atoms with Crippen molar-refractivity contribution in [3.63, 3.8) is 0 Å². The van der Waals surface area contributed by atoms with Crippen molar-refractivity contribution in [2.45, 2.75) is 45.6 Å². The van der Waals surface area contributed by atoms with E-state index < -0.39 is 0 Å². The smallest absolute Gasteiger partial charge is 0.231 e. The fourth-order valence-electron chi connectivity index (χ4n) is 3.71. The van der Waals surface area contributed by atoms with E-state index in [0.717, 1.165) is 24.1 Å². The molecule has 0 unspecified atom stereocenters. The predicted molar refractivity (Wildman–Crippen MR) is 99.9 cm³/mol. The van der Waals surface area contributed by atoms with Crippen LogP contribution in [0.5, 0.6) is 0 Å². The number of rotatable bonds is 2. The van der Waals surface area contributed by atoms with E-state index in [0.29, 0.717) is 11.7 Å². The third kappa shape index (κ3) is 2.82. The van der Waals surface area contributed by atoms with E-state index in [4.69, 9.17) is 0 Å². The molecule has 1 aliphatic carbocycles. The van der Waals surface area contributed by atoms with Crippen molar-refractivity contribution in [2.75, 3.05) is 11.9 Å². The Morgan fingerprint density at radius 1 is 1.35 bits per heavy atom. The molecule has 138 valence electrons. The number of fused-ring (bicyclic) bond motifs is 3. The number of thiazole rings is 1. The molecular formula is C18H23N5O2S. The number of amides is 2. The van der Waals surface area contributed by atoms with Gasteiger partial charge >= 0.3 is 0 Å². The molecule has 4 rings (SSSR count). The fourth-order valence-corrected chi connectivity index (χ4v) is 4.69. The second-order valence-corrected chi connectivity index (χ2v) is 9.07. The Kier molecular flexibility index (Phi) is 3.91. The normalized spacial score (nSPS) is 19.5.